The Hall–Kier alpha value is -3.06. The van der Waals surface area contributed by atoms with E-state index in [1.54, 1.807) is 30.7 Å². The van der Waals surface area contributed by atoms with Crippen LogP contribution in [-0.4, -0.2) is 22.1 Å². The van der Waals surface area contributed by atoms with E-state index in [0.717, 1.165) is 5.39 Å². The van der Waals surface area contributed by atoms with Crippen LogP contribution < -0.4 is 10.4 Å². The minimum absolute atomic E-state index is 0.405. The Morgan fingerprint density at radius 1 is 1.21 bits per heavy atom. The Bertz CT molecular complexity index is 1070. The molecule has 3 heterocycles. The Labute approximate surface area is 140 Å². The molecule has 0 amide bonds. The van der Waals surface area contributed by atoms with Crippen LogP contribution in [0.3, 0.4) is 0 Å². The molecule has 4 rings (SSSR count). The summed E-state index contributed by atoms with van der Waals surface area (Å²) < 4.78 is 10.7. The van der Waals surface area contributed by atoms with E-state index in [1.165, 1.54) is 18.4 Å². The number of hydrogen-bond donors (Lipinski definition) is 0. The molecule has 0 fully saturated rings. The van der Waals surface area contributed by atoms with E-state index in [1.807, 2.05) is 17.5 Å². The topological polar surface area (TPSA) is 78.1 Å². The lowest BCUT2D eigenvalue weighted by molar-refractivity contribution is 0.407. The third kappa shape index (κ3) is 2.44. The van der Waals surface area contributed by atoms with E-state index in [0.29, 0.717) is 33.3 Å². The summed E-state index contributed by atoms with van der Waals surface area (Å²) in [4.78, 5) is 25.1. The summed E-state index contributed by atoms with van der Waals surface area (Å²) in [5, 5.41) is 3.28. The zero-order valence-electron chi connectivity index (χ0n) is 12.6. The summed E-state index contributed by atoms with van der Waals surface area (Å²) in [5.41, 5.74) is 1.60. The van der Waals surface area contributed by atoms with Gasteiger partial charge in [-0.1, -0.05) is 12.1 Å². The molecule has 0 atom stereocenters. The molecular weight excluding hydrogens is 326 g/mol. The average molecular weight is 337 g/mol. The van der Waals surface area contributed by atoms with Crippen molar-refractivity contribution in [2.45, 2.75) is 0 Å². The number of thiazole rings is 1. The summed E-state index contributed by atoms with van der Waals surface area (Å²) in [7, 11) is 1.54. The van der Waals surface area contributed by atoms with Crippen molar-refractivity contribution < 1.29 is 9.15 Å². The van der Waals surface area contributed by atoms with Crippen molar-refractivity contribution in [1.29, 1.82) is 0 Å². The first kappa shape index (κ1) is 14.5. The highest BCUT2D eigenvalue weighted by atomic mass is 32.1. The molecule has 0 radical (unpaired) electrons. The van der Waals surface area contributed by atoms with Crippen LogP contribution in [0, 0.1) is 0 Å². The Kier molecular flexibility index (Phi) is 3.55. The second kappa shape index (κ2) is 5.86. The highest BCUT2D eigenvalue weighted by molar-refractivity contribution is 7.13. The molecule has 24 heavy (non-hydrogen) atoms. The van der Waals surface area contributed by atoms with Crippen LogP contribution in [0.25, 0.3) is 32.9 Å². The molecule has 0 saturated carbocycles. The van der Waals surface area contributed by atoms with Crippen molar-refractivity contribution >= 4 is 22.3 Å². The molecule has 6 nitrogen and oxygen atoms in total. The van der Waals surface area contributed by atoms with Crippen LogP contribution in [0.5, 0.6) is 5.75 Å². The third-order valence-electron chi connectivity index (χ3n) is 3.51. The maximum atomic E-state index is 12.4. The monoisotopic (exact) mass is 337 g/mol. The number of methoxy groups -OCH3 is 1. The van der Waals surface area contributed by atoms with Gasteiger partial charge in [-0.2, -0.15) is 0 Å². The van der Waals surface area contributed by atoms with Crippen molar-refractivity contribution in [3.63, 3.8) is 0 Å². The van der Waals surface area contributed by atoms with Crippen LogP contribution in [-0.2, 0) is 0 Å². The summed E-state index contributed by atoms with van der Waals surface area (Å²) in [5.74, 6) is 0.523. The summed E-state index contributed by atoms with van der Waals surface area (Å²) in [6.45, 7) is 0. The fraction of sp³-hybridized carbons (Fsp3) is 0.0588. The van der Waals surface area contributed by atoms with Gasteiger partial charge in [0.25, 0.3) is 0 Å². The molecule has 0 bridgehead atoms. The standard InChI is InChI=1S/C17H11N3O3S/c1-22-14-4-2-3-10-7-11(17(21)23-15(10)14)13-9-24-16(20-13)12-8-18-5-6-19-12/h2-9H,1H3. The van der Waals surface area contributed by atoms with Gasteiger partial charge in [0.2, 0.25) is 0 Å². The van der Waals surface area contributed by atoms with E-state index in [4.69, 9.17) is 9.15 Å². The molecule has 0 aliphatic heterocycles. The number of fused-ring (bicyclic) bond motifs is 1. The Morgan fingerprint density at radius 3 is 2.92 bits per heavy atom. The summed E-state index contributed by atoms with van der Waals surface area (Å²) in [6, 6.07) is 7.22. The lowest BCUT2D eigenvalue weighted by Gasteiger charge is -2.04. The van der Waals surface area contributed by atoms with Gasteiger partial charge in [-0.15, -0.1) is 11.3 Å². The molecular formula is C17H11N3O3S. The van der Waals surface area contributed by atoms with E-state index in [2.05, 4.69) is 15.0 Å². The van der Waals surface area contributed by atoms with Gasteiger partial charge in [-0.05, 0) is 12.1 Å². The number of nitrogens with zero attached hydrogens (tertiary/aromatic N) is 3. The first-order valence-electron chi connectivity index (χ1n) is 7.09. The largest absolute Gasteiger partial charge is 0.493 e. The number of aromatic nitrogens is 3. The van der Waals surface area contributed by atoms with Gasteiger partial charge in [0.1, 0.15) is 10.7 Å². The van der Waals surface area contributed by atoms with Crippen LogP contribution in [0.4, 0.5) is 0 Å². The highest BCUT2D eigenvalue weighted by Gasteiger charge is 2.14. The van der Waals surface area contributed by atoms with Crippen LogP contribution in [0.2, 0.25) is 0 Å². The van der Waals surface area contributed by atoms with Crippen LogP contribution >= 0.6 is 11.3 Å². The van der Waals surface area contributed by atoms with Crippen LogP contribution in [0.15, 0.2) is 57.4 Å². The maximum absolute atomic E-state index is 12.4. The molecule has 0 saturated heterocycles. The lowest BCUT2D eigenvalue weighted by atomic mass is 10.1. The number of hydrogen-bond acceptors (Lipinski definition) is 7. The van der Waals surface area contributed by atoms with Crippen molar-refractivity contribution in [3.8, 4) is 27.7 Å². The quantitative estimate of drug-likeness (QED) is 0.533. The van der Waals surface area contributed by atoms with Gasteiger partial charge in [0.05, 0.1) is 24.6 Å². The molecule has 0 spiro atoms. The maximum Gasteiger partial charge on any atom is 0.345 e. The molecule has 0 aliphatic rings. The highest BCUT2D eigenvalue weighted by Crippen LogP contribution is 2.29. The molecule has 118 valence electrons. The summed E-state index contributed by atoms with van der Waals surface area (Å²) >= 11 is 1.40. The van der Waals surface area contributed by atoms with Gasteiger partial charge in [0.15, 0.2) is 11.3 Å². The molecule has 0 aliphatic carbocycles. The lowest BCUT2D eigenvalue weighted by Crippen LogP contribution is -2.03. The van der Waals surface area contributed by atoms with Crippen LogP contribution in [0.1, 0.15) is 0 Å². The molecule has 3 aromatic heterocycles. The molecule has 0 unspecified atom stereocenters. The van der Waals surface area contributed by atoms with Gasteiger partial charge in [-0.3, -0.25) is 9.97 Å². The number of rotatable bonds is 3. The number of benzene rings is 1. The van der Waals surface area contributed by atoms with E-state index >= 15 is 0 Å². The van der Waals surface area contributed by atoms with Crippen molar-refractivity contribution in [2.75, 3.05) is 7.11 Å². The van der Waals surface area contributed by atoms with Gasteiger partial charge in [-0.25, -0.2) is 9.78 Å². The molecule has 7 heteroatoms. The smallest absolute Gasteiger partial charge is 0.345 e. The fourth-order valence-corrected chi connectivity index (χ4v) is 3.16. The number of para-hydroxylation sites is 1. The van der Waals surface area contributed by atoms with E-state index in [9.17, 15) is 4.79 Å². The van der Waals surface area contributed by atoms with Crippen molar-refractivity contribution in [1.82, 2.24) is 15.0 Å². The first-order chi connectivity index (χ1) is 11.8. The Morgan fingerprint density at radius 2 is 2.12 bits per heavy atom. The zero-order valence-corrected chi connectivity index (χ0v) is 13.4. The third-order valence-corrected chi connectivity index (χ3v) is 4.37. The molecule has 4 aromatic rings. The number of ether oxygens (including phenoxy) is 1. The second-order valence-electron chi connectivity index (χ2n) is 4.95. The fourth-order valence-electron chi connectivity index (χ4n) is 2.38. The predicted molar refractivity (Wildman–Crippen MR) is 91.2 cm³/mol. The van der Waals surface area contributed by atoms with E-state index in [-0.39, 0.29) is 0 Å². The van der Waals surface area contributed by atoms with Gasteiger partial charge in [0, 0.05) is 23.2 Å². The zero-order chi connectivity index (χ0) is 16.5. The normalized spacial score (nSPS) is 10.9. The SMILES string of the molecule is COc1cccc2cc(-c3csc(-c4cnccn4)n3)c(=O)oc12. The van der Waals surface area contributed by atoms with Gasteiger partial charge < -0.3 is 9.15 Å². The summed E-state index contributed by atoms with van der Waals surface area (Å²) in [6.07, 6.45) is 4.84. The van der Waals surface area contributed by atoms with Crippen molar-refractivity contribution in [2.24, 2.45) is 0 Å². The van der Waals surface area contributed by atoms with Gasteiger partial charge >= 0.3 is 5.63 Å². The minimum Gasteiger partial charge on any atom is -0.493 e. The Balaban J connectivity index is 1.84. The van der Waals surface area contributed by atoms with Crippen molar-refractivity contribution in [3.05, 3.63) is 58.7 Å². The average Bonchev–Trinajstić information content (AvgIpc) is 3.11. The predicted octanol–water partition coefficient (Wildman–Crippen LogP) is 3.38. The van der Waals surface area contributed by atoms with E-state index < -0.39 is 5.63 Å². The first-order valence-corrected chi connectivity index (χ1v) is 7.97. The minimum atomic E-state index is -0.456. The molecule has 1 aromatic carbocycles. The second-order valence-corrected chi connectivity index (χ2v) is 5.81. The molecule has 0 N–H and O–H groups in total.